The third kappa shape index (κ3) is 3.19. The largest absolute Gasteiger partial charge is 0.339 e. The van der Waals surface area contributed by atoms with Gasteiger partial charge in [0, 0.05) is 24.7 Å². The predicted molar refractivity (Wildman–Crippen MR) is 93.9 cm³/mol. The second-order valence-corrected chi connectivity index (χ2v) is 6.87. The van der Waals surface area contributed by atoms with E-state index in [1.807, 2.05) is 47.7 Å². The van der Waals surface area contributed by atoms with Crippen molar-refractivity contribution in [3.63, 3.8) is 0 Å². The minimum absolute atomic E-state index is 0.0815. The first-order valence-corrected chi connectivity index (χ1v) is 8.63. The Morgan fingerprint density at radius 3 is 2.35 bits per heavy atom. The lowest BCUT2D eigenvalue weighted by molar-refractivity contribution is 0.0715. The van der Waals surface area contributed by atoms with Gasteiger partial charge < -0.3 is 10.6 Å². The van der Waals surface area contributed by atoms with Crippen LogP contribution in [0.15, 0.2) is 28.7 Å². The van der Waals surface area contributed by atoms with E-state index in [0.717, 1.165) is 47.5 Å². The molecule has 1 aliphatic rings. The van der Waals surface area contributed by atoms with Gasteiger partial charge in [0.2, 0.25) is 0 Å². The number of amides is 1. The molecule has 2 heterocycles. The molecule has 3 rings (SSSR count). The van der Waals surface area contributed by atoms with Crippen LogP contribution >= 0.6 is 15.9 Å². The van der Waals surface area contributed by atoms with Crippen LogP contribution in [0.2, 0.25) is 0 Å². The van der Waals surface area contributed by atoms with Crippen molar-refractivity contribution in [2.24, 2.45) is 5.73 Å². The Kier molecular flexibility index (Phi) is 4.55. The van der Waals surface area contributed by atoms with Crippen LogP contribution in [0.3, 0.4) is 0 Å². The number of nitrogens with two attached hydrogens (primary N) is 1. The highest BCUT2D eigenvalue weighted by molar-refractivity contribution is 9.10. The van der Waals surface area contributed by atoms with Crippen molar-refractivity contribution in [1.29, 1.82) is 0 Å². The van der Waals surface area contributed by atoms with Crippen molar-refractivity contribution in [3.8, 4) is 5.69 Å². The van der Waals surface area contributed by atoms with Crippen LogP contribution in [0, 0.1) is 13.8 Å². The van der Waals surface area contributed by atoms with E-state index in [1.165, 1.54) is 0 Å². The summed E-state index contributed by atoms with van der Waals surface area (Å²) in [6.07, 6.45) is 1.76. The monoisotopic (exact) mass is 376 g/mol. The highest BCUT2D eigenvalue weighted by atomic mass is 79.9. The summed E-state index contributed by atoms with van der Waals surface area (Å²) in [5.41, 5.74) is 9.56. The zero-order chi connectivity index (χ0) is 16.6. The van der Waals surface area contributed by atoms with E-state index in [9.17, 15) is 4.79 Å². The predicted octanol–water partition coefficient (Wildman–Crippen LogP) is 2.81. The Morgan fingerprint density at radius 2 is 1.83 bits per heavy atom. The maximum Gasteiger partial charge on any atom is 0.253 e. The Bertz CT molecular complexity index is 715. The lowest BCUT2D eigenvalue weighted by Gasteiger charge is -2.30. The minimum atomic E-state index is 0.0815. The molecule has 0 atom stereocenters. The second kappa shape index (κ2) is 6.45. The average Bonchev–Trinajstić information content (AvgIpc) is 2.83. The van der Waals surface area contributed by atoms with Crippen molar-refractivity contribution in [1.82, 2.24) is 14.7 Å². The molecule has 1 aromatic heterocycles. The van der Waals surface area contributed by atoms with Gasteiger partial charge in [-0.15, -0.1) is 0 Å². The summed E-state index contributed by atoms with van der Waals surface area (Å²) in [5.74, 6) is 0.0815. The van der Waals surface area contributed by atoms with Gasteiger partial charge in [0.15, 0.2) is 0 Å². The molecule has 0 aliphatic carbocycles. The quantitative estimate of drug-likeness (QED) is 0.876. The van der Waals surface area contributed by atoms with Gasteiger partial charge in [0.25, 0.3) is 5.91 Å². The van der Waals surface area contributed by atoms with Crippen LogP contribution in [-0.4, -0.2) is 39.7 Å². The molecule has 1 fully saturated rings. The molecule has 0 saturated carbocycles. The highest BCUT2D eigenvalue weighted by Crippen LogP contribution is 2.23. The molecule has 0 spiro atoms. The fourth-order valence-electron chi connectivity index (χ4n) is 2.91. The van der Waals surface area contributed by atoms with E-state index in [4.69, 9.17) is 5.73 Å². The van der Waals surface area contributed by atoms with Crippen LogP contribution < -0.4 is 5.73 Å². The number of carbonyl (C=O) groups excluding carboxylic acids is 1. The number of nitrogens with zero attached hydrogens (tertiary/aromatic N) is 3. The van der Waals surface area contributed by atoms with Crippen LogP contribution in [-0.2, 0) is 0 Å². The van der Waals surface area contributed by atoms with Crippen LogP contribution in [0.25, 0.3) is 5.69 Å². The first kappa shape index (κ1) is 16.2. The van der Waals surface area contributed by atoms with Gasteiger partial charge in [-0.3, -0.25) is 4.79 Å². The molecule has 2 aromatic rings. The first-order chi connectivity index (χ1) is 11.0. The number of carbonyl (C=O) groups is 1. The number of aryl methyl sites for hydroxylation is 1. The van der Waals surface area contributed by atoms with Crippen LogP contribution in [0.4, 0.5) is 0 Å². The van der Waals surface area contributed by atoms with E-state index in [2.05, 4.69) is 21.0 Å². The van der Waals surface area contributed by atoms with Gasteiger partial charge in [-0.05, 0) is 66.9 Å². The molecule has 2 N–H and O–H groups in total. The van der Waals surface area contributed by atoms with Crippen molar-refractivity contribution >= 4 is 21.8 Å². The number of likely N-dealkylation sites (tertiary alicyclic amines) is 1. The minimum Gasteiger partial charge on any atom is -0.339 e. The summed E-state index contributed by atoms with van der Waals surface area (Å²) in [6, 6.07) is 7.85. The fourth-order valence-corrected chi connectivity index (χ4v) is 3.15. The SMILES string of the molecule is Cc1nn(-c2ccc(C(=O)N3CCC(N)CC3)cc2)c(C)c1Br. The molecular formula is C17H21BrN4O. The Balaban J connectivity index is 1.79. The Hall–Kier alpha value is -1.66. The van der Waals surface area contributed by atoms with Crippen LogP contribution in [0.1, 0.15) is 34.6 Å². The third-order valence-corrected chi connectivity index (χ3v) is 5.54. The standard InChI is InChI=1S/C17H21BrN4O/c1-11-16(18)12(2)22(20-11)15-5-3-13(4-6-15)17(23)21-9-7-14(19)8-10-21/h3-6,14H,7-10,19H2,1-2H3. The smallest absolute Gasteiger partial charge is 0.253 e. The van der Waals surface area contributed by atoms with Gasteiger partial charge in [-0.2, -0.15) is 5.10 Å². The van der Waals surface area contributed by atoms with E-state index < -0.39 is 0 Å². The number of aromatic nitrogens is 2. The first-order valence-electron chi connectivity index (χ1n) is 7.84. The van der Waals surface area contributed by atoms with Crippen LogP contribution in [0.5, 0.6) is 0 Å². The summed E-state index contributed by atoms with van der Waals surface area (Å²) in [4.78, 5) is 14.4. The molecule has 122 valence electrons. The molecule has 0 radical (unpaired) electrons. The third-order valence-electron chi connectivity index (χ3n) is 4.39. The Morgan fingerprint density at radius 1 is 1.22 bits per heavy atom. The Labute approximate surface area is 144 Å². The highest BCUT2D eigenvalue weighted by Gasteiger charge is 2.21. The van der Waals surface area contributed by atoms with Gasteiger partial charge in [-0.1, -0.05) is 0 Å². The molecule has 0 unspecified atom stereocenters. The van der Waals surface area contributed by atoms with Crippen molar-refractivity contribution in [3.05, 3.63) is 45.7 Å². The molecule has 1 amide bonds. The maximum atomic E-state index is 12.5. The molecule has 1 saturated heterocycles. The summed E-state index contributed by atoms with van der Waals surface area (Å²) in [6.45, 7) is 5.46. The molecule has 6 heteroatoms. The van der Waals surface area contributed by atoms with Gasteiger partial charge in [0.1, 0.15) is 0 Å². The van der Waals surface area contributed by atoms with Gasteiger partial charge >= 0.3 is 0 Å². The number of piperidine rings is 1. The van der Waals surface area contributed by atoms with Gasteiger partial charge in [0.05, 0.1) is 21.5 Å². The fraction of sp³-hybridized carbons (Fsp3) is 0.412. The van der Waals surface area contributed by atoms with E-state index in [0.29, 0.717) is 5.56 Å². The summed E-state index contributed by atoms with van der Waals surface area (Å²) >= 11 is 3.54. The number of benzene rings is 1. The maximum absolute atomic E-state index is 12.5. The molecule has 1 aromatic carbocycles. The van der Waals surface area contributed by atoms with E-state index in [-0.39, 0.29) is 11.9 Å². The number of hydrogen-bond donors (Lipinski definition) is 1. The van der Waals surface area contributed by atoms with Crippen molar-refractivity contribution in [2.75, 3.05) is 13.1 Å². The lowest BCUT2D eigenvalue weighted by Crippen LogP contribution is -2.42. The zero-order valence-electron chi connectivity index (χ0n) is 13.4. The summed E-state index contributed by atoms with van der Waals surface area (Å²) < 4.78 is 2.90. The summed E-state index contributed by atoms with van der Waals surface area (Å²) in [5, 5.41) is 4.51. The number of halogens is 1. The molecular weight excluding hydrogens is 356 g/mol. The van der Waals surface area contributed by atoms with E-state index in [1.54, 1.807) is 0 Å². The normalized spacial score (nSPS) is 15.9. The van der Waals surface area contributed by atoms with Crippen molar-refractivity contribution < 1.29 is 4.79 Å². The second-order valence-electron chi connectivity index (χ2n) is 6.07. The molecule has 1 aliphatic heterocycles. The average molecular weight is 377 g/mol. The molecule has 0 bridgehead atoms. The lowest BCUT2D eigenvalue weighted by atomic mass is 10.0. The van der Waals surface area contributed by atoms with Crippen molar-refractivity contribution in [2.45, 2.75) is 32.7 Å². The van der Waals surface area contributed by atoms with Gasteiger partial charge in [-0.25, -0.2) is 4.68 Å². The summed E-state index contributed by atoms with van der Waals surface area (Å²) in [7, 11) is 0. The number of rotatable bonds is 2. The van der Waals surface area contributed by atoms with E-state index >= 15 is 0 Å². The topological polar surface area (TPSA) is 64.2 Å². The molecule has 5 nitrogen and oxygen atoms in total. The zero-order valence-corrected chi connectivity index (χ0v) is 15.0. The number of hydrogen-bond acceptors (Lipinski definition) is 3. The molecule has 23 heavy (non-hydrogen) atoms.